The molecule has 4 rings (SSSR count). The van der Waals surface area contributed by atoms with E-state index in [9.17, 15) is 4.79 Å². The van der Waals surface area contributed by atoms with Crippen molar-refractivity contribution in [2.24, 2.45) is 5.41 Å². The van der Waals surface area contributed by atoms with Crippen LogP contribution in [0.1, 0.15) is 50.3 Å². The second-order valence-electron chi connectivity index (χ2n) is 7.42. The summed E-state index contributed by atoms with van der Waals surface area (Å²) >= 11 is 0. The van der Waals surface area contributed by atoms with Crippen molar-refractivity contribution in [3.8, 4) is 0 Å². The number of aromatic nitrogens is 1. The number of para-hydroxylation sites is 1. The van der Waals surface area contributed by atoms with E-state index in [0.717, 1.165) is 45.9 Å². The fourth-order valence-electron chi connectivity index (χ4n) is 4.94. The van der Waals surface area contributed by atoms with Crippen LogP contribution in [0, 0.1) is 5.41 Å². The fraction of sp³-hybridized carbons (Fsp3) is 0.545. The molecule has 2 aromatic rings. The highest BCUT2D eigenvalue weighted by atomic mass is 16.5. The Morgan fingerprint density at radius 3 is 2.81 bits per heavy atom. The van der Waals surface area contributed by atoms with Crippen molar-refractivity contribution in [3.63, 3.8) is 0 Å². The molecule has 0 radical (unpaired) electrons. The van der Waals surface area contributed by atoms with E-state index in [-0.39, 0.29) is 11.4 Å². The van der Waals surface area contributed by atoms with Gasteiger partial charge in [0.15, 0.2) is 0 Å². The van der Waals surface area contributed by atoms with Crippen LogP contribution in [0.15, 0.2) is 24.3 Å². The first-order chi connectivity index (χ1) is 13.2. The standard InChI is InChI=1S/C21H26N2O2.CH3O/c1-3-21(12-9-18(24)25-2)11-6-13-23-14-10-16-15-7-4-5-8-17(15)22-19(16)20(21)23;1-2/h4-5,7-8H,3,6,9-14H2,1-2H3;1H3/q;-1/p+1/t21-;/m0./s1. The zero-order valence-corrected chi connectivity index (χ0v) is 16.6. The molecular weight excluding hydrogens is 340 g/mol. The van der Waals surface area contributed by atoms with Gasteiger partial charge in [0.25, 0.3) is 0 Å². The van der Waals surface area contributed by atoms with E-state index in [1.54, 1.807) is 0 Å². The van der Waals surface area contributed by atoms with E-state index in [0.29, 0.717) is 6.42 Å². The molecule has 0 saturated heterocycles. The molecule has 5 heteroatoms. The zero-order valence-electron chi connectivity index (χ0n) is 16.6. The van der Waals surface area contributed by atoms with Crippen LogP contribution in [-0.4, -0.2) is 48.5 Å². The normalized spacial score (nSPS) is 21.2. The lowest BCUT2D eigenvalue weighted by molar-refractivity contribution is -0.538. The summed E-state index contributed by atoms with van der Waals surface area (Å²) in [5.74, 6) is -0.0989. The Morgan fingerprint density at radius 2 is 2.07 bits per heavy atom. The summed E-state index contributed by atoms with van der Waals surface area (Å²) in [5, 5.41) is 9.60. The molecule has 0 amide bonds. The number of H-pyrrole nitrogens is 1. The topological polar surface area (TPSA) is 68.2 Å². The number of fused-ring (bicyclic) bond motifs is 4. The van der Waals surface area contributed by atoms with Gasteiger partial charge in [-0.2, -0.15) is 7.11 Å². The number of nitrogens with one attached hydrogen (secondary N) is 1. The Hall–Kier alpha value is -2.14. The van der Waals surface area contributed by atoms with Crippen LogP contribution in [0.5, 0.6) is 0 Å². The molecule has 0 unspecified atom stereocenters. The molecule has 1 N–H and O–H groups in total. The number of carbonyl (C=O) groups is 1. The molecule has 1 aromatic carbocycles. The minimum Gasteiger partial charge on any atom is -0.857 e. The van der Waals surface area contributed by atoms with Crippen LogP contribution in [0.2, 0.25) is 0 Å². The maximum atomic E-state index is 11.8. The smallest absolute Gasteiger partial charge is 0.305 e. The first-order valence-corrected chi connectivity index (χ1v) is 9.88. The van der Waals surface area contributed by atoms with Crippen LogP contribution in [-0.2, 0) is 16.0 Å². The second kappa shape index (κ2) is 8.26. The highest BCUT2D eigenvalue weighted by molar-refractivity contribution is 6.06. The average molecular weight is 370 g/mol. The van der Waals surface area contributed by atoms with Crippen molar-refractivity contribution in [2.45, 2.75) is 45.4 Å². The molecule has 0 bridgehead atoms. The fourth-order valence-corrected chi connectivity index (χ4v) is 4.94. The van der Waals surface area contributed by atoms with Crippen LogP contribution >= 0.6 is 0 Å². The van der Waals surface area contributed by atoms with Crippen LogP contribution < -0.4 is 5.11 Å². The summed E-state index contributed by atoms with van der Waals surface area (Å²) in [6.07, 6.45) is 5.88. The third kappa shape index (κ3) is 3.41. The number of rotatable bonds is 4. The van der Waals surface area contributed by atoms with Gasteiger partial charge in [-0.25, -0.2) is 4.58 Å². The molecule has 0 saturated carbocycles. The van der Waals surface area contributed by atoms with Gasteiger partial charge in [0.1, 0.15) is 18.8 Å². The highest BCUT2D eigenvalue weighted by Crippen LogP contribution is 2.43. The van der Waals surface area contributed by atoms with Crippen molar-refractivity contribution >= 4 is 22.6 Å². The molecule has 0 fully saturated rings. The van der Waals surface area contributed by atoms with E-state index in [1.165, 1.54) is 41.4 Å². The Balaban J connectivity index is 0.00000102. The van der Waals surface area contributed by atoms with Gasteiger partial charge in [-0.05, 0) is 30.9 Å². The highest BCUT2D eigenvalue weighted by Gasteiger charge is 2.47. The summed E-state index contributed by atoms with van der Waals surface area (Å²) in [6, 6.07) is 8.62. The van der Waals surface area contributed by atoms with Gasteiger partial charge in [-0.1, -0.05) is 25.1 Å². The maximum Gasteiger partial charge on any atom is 0.305 e. The van der Waals surface area contributed by atoms with E-state index < -0.39 is 0 Å². The Morgan fingerprint density at radius 1 is 1.30 bits per heavy atom. The second-order valence-corrected chi connectivity index (χ2v) is 7.42. The third-order valence-corrected chi connectivity index (χ3v) is 6.30. The summed E-state index contributed by atoms with van der Waals surface area (Å²) in [6.45, 7) is 4.49. The van der Waals surface area contributed by atoms with E-state index in [2.05, 4.69) is 40.7 Å². The molecule has 3 heterocycles. The molecule has 2 aliphatic heterocycles. The van der Waals surface area contributed by atoms with Crippen molar-refractivity contribution in [2.75, 3.05) is 27.3 Å². The van der Waals surface area contributed by atoms with Crippen LogP contribution in [0.3, 0.4) is 0 Å². The Kier molecular flexibility index (Phi) is 6.00. The van der Waals surface area contributed by atoms with Gasteiger partial charge < -0.3 is 14.8 Å². The molecule has 0 spiro atoms. The largest absolute Gasteiger partial charge is 0.857 e. The molecule has 0 aliphatic carbocycles. The van der Waals surface area contributed by atoms with Crippen molar-refractivity contribution in [1.29, 1.82) is 0 Å². The number of hydrogen-bond donors (Lipinski definition) is 1. The van der Waals surface area contributed by atoms with Crippen molar-refractivity contribution in [1.82, 2.24) is 4.98 Å². The first kappa shape index (κ1) is 19.6. The predicted octanol–water partition coefficient (Wildman–Crippen LogP) is 2.65. The number of nitrogens with zero attached hydrogens (tertiary/aromatic N) is 1. The lowest BCUT2D eigenvalue weighted by Gasteiger charge is -2.37. The summed E-state index contributed by atoms with van der Waals surface area (Å²) in [7, 11) is 2.23. The Bertz CT molecular complexity index is 852. The van der Waals surface area contributed by atoms with Crippen molar-refractivity contribution < 1.29 is 19.2 Å². The van der Waals surface area contributed by atoms with E-state index in [4.69, 9.17) is 9.84 Å². The third-order valence-electron chi connectivity index (χ3n) is 6.30. The van der Waals surface area contributed by atoms with Crippen LogP contribution in [0.4, 0.5) is 0 Å². The number of methoxy groups -OCH3 is 1. The minimum atomic E-state index is -0.0989. The molecule has 27 heavy (non-hydrogen) atoms. The van der Waals surface area contributed by atoms with Gasteiger partial charge in [0.05, 0.1) is 12.5 Å². The van der Waals surface area contributed by atoms with Gasteiger partial charge in [0, 0.05) is 30.2 Å². The monoisotopic (exact) mass is 370 g/mol. The van der Waals surface area contributed by atoms with Gasteiger partial charge in [-0.15, -0.1) is 0 Å². The maximum absolute atomic E-state index is 11.8. The number of carbonyl (C=O) groups excluding carboxylic acids is 1. The first-order valence-electron chi connectivity index (χ1n) is 9.88. The zero-order chi connectivity index (χ0) is 19.4. The number of esters is 1. The number of aromatic amines is 1. The summed E-state index contributed by atoms with van der Waals surface area (Å²) in [4.78, 5) is 15.5. The lowest BCUT2D eigenvalue weighted by Crippen LogP contribution is -2.46. The molecular formula is C22H30N2O3. The van der Waals surface area contributed by atoms with E-state index >= 15 is 0 Å². The number of hydrogen-bond acceptors (Lipinski definition) is 3. The summed E-state index contributed by atoms with van der Waals surface area (Å²) in [5.41, 5.74) is 5.52. The lowest BCUT2D eigenvalue weighted by atomic mass is 9.68. The Labute approximate surface area is 161 Å². The average Bonchev–Trinajstić information content (AvgIpc) is 3.12. The van der Waals surface area contributed by atoms with Gasteiger partial charge >= 0.3 is 5.97 Å². The molecule has 146 valence electrons. The number of ether oxygens (including phenoxy) is 1. The van der Waals surface area contributed by atoms with Crippen molar-refractivity contribution in [3.05, 3.63) is 35.5 Å². The quantitative estimate of drug-likeness (QED) is 0.664. The minimum absolute atomic E-state index is 0.0719. The molecule has 1 atom stereocenters. The van der Waals surface area contributed by atoms with E-state index in [1.807, 2.05) is 0 Å². The summed E-state index contributed by atoms with van der Waals surface area (Å²) < 4.78 is 7.49. The molecule has 2 aliphatic rings. The molecule has 1 aromatic heterocycles. The van der Waals surface area contributed by atoms with Gasteiger partial charge in [-0.3, -0.25) is 4.79 Å². The predicted molar refractivity (Wildman–Crippen MR) is 105 cm³/mol. The number of benzene rings is 1. The SMILES string of the molecule is CC[C@@]1(CCC(=O)OC)CCC[N+]2=C1c1[nH]c3ccccc3c1CC2.C[O-]. The van der Waals surface area contributed by atoms with Crippen LogP contribution in [0.25, 0.3) is 10.9 Å². The molecule has 5 nitrogen and oxygen atoms in total. The van der Waals surface area contributed by atoms with Gasteiger partial charge in [0.2, 0.25) is 5.71 Å².